The largest absolute Gasteiger partial charge is 0.494 e. The van der Waals surface area contributed by atoms with E-state index in [1.807, 2.05) is 0 Å². The quantitative estimate of drug-likeness (QED) is 0.763. The lowest BCUT2D eigenvalue weighted by Crippen LogP contribution is -2.12. The molecule has 13 heavy (non-hydrogen) atoms. The second-order valence-electron chi connectivity index (χ2n) is 2.34. The summed E-state index contributed by atoms with van der Waals surface area (Å²) in [4.78, 5) is -0.175. The van der Waals surface area contributed by atoms with Gasteiger partial charge in [-0.15, -0.1) is 0 Å². The molecule has 72 valence electrons. The van der Waals surface area contributed by atoms with Crippen molar-refractivity contribution in [1.82, 2.24) is 0 Å². The standard InChI is InChI=1S/C7H8FNO3S/c1-12-7-4-5(13(9,10)11)2-3-6(7)8/h2-4H,1H3,(H2,9,10,11). The number of halogens is 1. The van der Waals surface area contributed by atoms with Crippen molar-refractivity contribution in [1.29, 1.82) is 0 Å². The molecule has 2 N–H and O–H groups in total. The minimum Gasteiger partial charge on any atom is -0.494 e. The van der Waals surface area contributed by atoms with Crippen molar-refractivity contribution in [3.8, 4) is 5.75 Å². The number of rotatable bonds is 2. The molecular weight excluding hydrogens is 197 g/mol. The number of hydrogen-bond donors (Lipinski definition) is 1. The van der Waals surface area contributed by atoms with Crippen LogP contribution in [0.15, 0.2) is 23.1 Å². The molecule has 0 saturated heterocycles. The first-order chi connectivity index (χ1) is 5.95. The number of sulfonamides is 1. The van der Waals surface area contributed by atoms with Crippen LogP contribution in [0.2, 0.25) is 0 Å². The molecule has 1 aromatic carbocycles. The van der Waals surface area contributed by atoms with Crippen molar-refractivity contribution < 1.29 is 17.5 Å². The van der Waals surface area contributed by atoms with Crippen LogP contribution in [0.1, 0.15) is 0 Å². The molecule has 0 atom stereocenters. The molecule has 0 unspecified atom stereocenters. The van der Waals surface area contributed by atoms with E-state index in [4.69, 9.17) is 5.14 Å². The molecule has 1 aromatic rings. The van der Waals surface area contributed by atoms with Gasteiger partial charge in [0.05, 0.1) is 12.0 Å². The highest BCUT2D eigenvalue weighted by atomic mass is 32.2. The van der Waals surface area contributed by atoms with Crippen LogP contribution in [-0.4, -0.2) is 15.5 Å². The fraction of sp³-hybridized carbons (Fsp3) is 0.143. The maximum atomic E-state index is 12.8. The molecule has 0 aliphatic carbocycles. The Morgan fingerprint density at radius 1 is 1.46 bits per heavy atom. The van der Waals surface area contributed by atoms with Crippen LogP contribution in [-0.2, 0) is 10.0 Å². The lowest BCUT2D eigenvalue weighted by atomic mass is 10.3. The third-order valence-corrected chi connectivity index (χ3v) is 2.36. The minimum atomic E-state index is -3.80. The molecule has 0 amide bonds. The lowest BCUT2D eigenvalue weighted by molar-refractivity contribution is 0.385. The van der Waals surface area contributed by atoms with Crippen LogP contribution >= 0.6 is 0 Å². The Hall–Kier alpha value is -1.14. The monoisotopic (exact) mass is 205 g/mol. The van der Waals surface area contributed by atoms with Crippen LogP contribution in [0.3, 0.4) is 0 Å². The van der Waals surface area contributed by atoms with Gasteiger partial charge in [0.1, 0.15) is 0 Å². The summed E-state index contributed by atoms with van der Waals surface area (Å²) in [5.41, 5.74) is 0. The van der Waals surface area contributed by atoms with Crippen molar-refractivity contribution in [2.45, 2.75) is 4.90 Å². The molecule has 0 spiro atoms. The first-order valence-electron chi connectivity index (χ1n) is 3.31. The first-order valence-corrected chi connectivity index (χ1v) is 4.86. The van der Waals surface area contributed by atoms with E-state index in [1.54, 1.807) is 0 Å². The molecular formula is C7H8FNO3S. The van der Waals surface area contributed by atoms with Gasteiger partial charge >= 0.3 is 0 Å². The van der Waals surface area contributed by atoms with E-state index < -0.39 is 15.8 Å². The number of ether oxygens (including phenoxy) is 1. The van der Waals surface area contributed by atoms with E-state index in [9.17, 15) is 12.8 Å². The summed E-state index contributed by atoms with van der Waals surface area (Å²) >= 11 is 0. The van der Waals surface area contributed by atoms with Gasteiger partial charge in [0.25, 0.3) is 0 Å². The molecule has 0 aromatic heterocycles. The fourth-order valence-corrected chi connectivity index (χ4v) is 1.35. The Labute approximate surface area is 75.2 Å². The SMILES string of the molecule is COc1cc(S(N)(=O)=O)ccc1F. The van der Waals surface area contributed by atoms with Crippen LogP contribution in [0.5, 0.6) is 5.75 Å². The first kappa shape index (κ1) is 9.94. The van der Waals surface area contributed by atoms with E-state index in [0.29, 0.717) is 0 Å². The van der Waals surface area contributed by atoms with Gasteiger partial charge in [0.2, 0.25) is 10.0 Å². The van der Waals surface area contributed by atoms with Gasteiger partial charge in [-0.25, -0.2) is 17.9 Å². The van der Waals surface area contributed by atoms with Crippen molar-refractivity contribution in [2.75, 3.05) is 7.11 Å². The third kappa shape index (κ3) is 2.16. The number of methoxy groups -OCH3 is 1. The summed E-state index contributed by atoms with van der Waals surface area (Å²) < 4.78 is 39.0. The Balaban J connectivity index is 3.30. The maximum absolute atomic E-state index is 12.8. The van der Waals surface area contributed by atoms with E-state index in [-0.39, 0.29) is 10.6 Å². The van der Waals surface area contributed by atoms with E-state index in [1.165, 1.54) is 7.11 Å². The molecule has 0 bridgehead atoms. The van der Waals surface area contributed by atoms with Crippen LogP contribution in [0.4, 0.5) is 4.39 Å². The highest BCUT2D eigenvalue weighted by Gasteiger charge is 2.11. The number of benzene rings is 1. The summed E-state index contributed by atoms with van der Waals surface area (Å²) in [5, 5.41) is 4.82. The maximum Gasteiger partial charge on any atom is 0.238 e. The molecule has 0 radical (unpaired) electrons. The lowest BCUT2D eigenvalue weighted by Gasteiger charge is -2.03. The normalized spacial score (nSPS) is 11.3. The summed E-state index contributed by atoms with van der Waals surface area (Å²) in [6.45, 7) is 0. The highest BCUT2D eigenvalue weighted by molar-refractivity contribution is 7.89. The Morgan fingerprint density at radius 2 is 2.08 bits per heavy atom. The highest BCUT2D eigenvalue weighted by Crippen LogP contribution is 2.20. The molecule has 0 saturated carbocycles. The Bertz CT molecular complexity index is 416. The Kier molecular flexibility index (Phi) is 2.53. The van der Waals surface area contributed by atoms with Gasteiger partial charge in [-0.1, -0.05) is 0 Å². The van der Waals surface area contributed by atoms with Crippen LogP contribution < -0.4 is 9.88 Å². The molecule has 0 fully saturated rings. The van der Waals surface area contributed by atoms with Crippen molar-refractivity contribution in [2.24, 2.45) is 5.14 Å². The topological polar surface area (TPSA) is 69.4 Å². The van der Waals surface area contributed by atoms with Gasteiger partial charge in [-0.2, -0.15) is 0 Å². The molecule has 0 heterocycles. The van der Waals surface area contributed by atoms with Gasteiger partial charge in [-0.05, 0) is 12.1 Å². The number of nitrogens with two attached hydrogens (primary N) is 1. The fourth-order valence-electron chi connectivity index (χ4n) is 0.817. The third-order valence-electron chi connectivity index (χ3n) is 1.45. The van der Waals surface area contributed by atoms with E-state index in [2.05, 4.69) is 4.74 Å². The van der Waals surface area contributed by atoms with Gasteiger partial charge < -0.3 is 4.74 Å². The average molecular weight is 205 g/mol. The Morgan fingerprint density at radius 3 is 2.54 bits per heavy atom. The molecule has 0 aliphatic rings. The predicted molar refractivity (Wildman–Crippen MR) is 44.3 cm³/mol. The summed E-state index contributed by atoms with van der Waals surface area (Å²) in [5.74, 6) is -0.776. The predicted octanol–water partition coefficient (Wildman–Crippen LogP) is 0.482. The summed E-state index contributed by atoms with van der Waals surface area (Å²) in [6.07, 6.45) is 0. The average Bonchev–Trinajstić information content (AvgIpc) is 2.03. The van der Waals surface area contributed by atoms with Crippen LogP contribution in [0.25, 0.3) is 0 Å². The zero-order valence-electron chi connectivity index (χ0n) is 6.82. The van der Waals surface area contributed by atoms with E-state index >= 15 is 0 Å². The van der Waals surface area contributed by atoms with Gasteiger partial charge in [0.15, 0.2) is 11.6 Å². The van der Waals surface area contributed by atoms with Crippen molar-refractivity contribution >= 4 is 10.0 Å². The second kappa shape index (κ2) is 3.31. The number of hydrogen-bond acceptors (Lipinski definition) is 3. The summed E-state index contributed by atoms with van der Waals surface area (Å²) in [6, 6.07) is 3.09. The molecule has 1 rings (SSSR count). The molecule has 4 nitrogen and oxygen atoms in total. The van der Waals surface area contributed by atoms with Gasteiger partial charge in [-0.3, -0.25) is 0 Å². The molecule has 0 aliphatic heterocycles. The van der Waals surface area contributed by atoms with E-state index in [0.717, 1.165) is 18.2 Å². The zero-order valence-corrected chi connectivity index (χ0v) is 7.64. The second-order valence-corrected chi connectivity index (χ2v) is 3.90. The zero-order chi connectivity index (χ0) is 10.1. The smallest absolute Gasteiger partial charge is 0.238 e. The van der Waals surface area contributed by atoms with Gasteiger partial charge in [0, 0.05) is 6.07 Å². The van der Waals surface area contributed by atoms with Crippen LogP contribution in [0, 0.1) is 5.82 Å². The van der Waals surface area contributed by atoms with Crippen molar-refractivity contribution in [3.05, 3.63) is 24.0 Å². The number of primary sulfonamides is 1. The summed E-state index contributed by atoms with van der Waals surface area (Å²) in [7, 11) is -2.56. The molecule has 6 heteroatoms. The van der Waals surface area contributed by atoms with Crippen molar-refractivity contribution in [3.63, 3.8) is 0 Å². The minimum absolute atomic E-state index is 0.147.